The summed E-state index contributed by atoms with van der Waals surface area (Å²) in [6.07, 6.45) is 1.51. The highest BCUT2D eigenvalue weighted by molar-refractivity contribution is 5.87. The average molecular weight is 263 g/mol. The summed E-state index contributed by atoms with van der Waals surface area (Å²) in [4.78, 5) is 10.6. The maximum atomic E-state index is 5.91. The van der Waals surface area contributed by atoms with E-state index in [-0.39, 0.29) is 12.1 Å². The van der Waals surface area contributed by atoms with Crippen LogP contribution in [0.2, 0.25) is 0 Å². The fraction of sp³-hybridized carbons (Fsp3) is 0.583. The number of aromatic nitrogens is 3. The summed E-state index contributed by atoms with van der Waals surface area (Å²) < 4.78 is 10.8. The van der Waals surface area contributed by atoms with Gasteiger partial charge in [0.1, 0.15) is 17.5 Å². The molecular weight excluding hydrogens is 246 g/mol. The van der Waals surface area contributed by atoms with Gasteiger partial charge in [0.2, 0.25) is 0 Å². The number of hydrogen-bond acceptors (Lipinski definition) is 7. The molecule has 3 heterocycles. The monoisotopic (exact) mass is 263 g/mol. The molecule has 3 rings (SSSR count). The molecule has 2 N–H and O–H groups in total. The lowest BCUT2D eigenvalue weighted by Gasteiger charge is -2.35. The third-order valence-corrected chi connectivity index (χ3v) is 3.40. The Hall–Kier alpha value is -1.73. The Kier molecular flexibility index (Phi) is 3.08. The van der Waals surface area contributed by atoms with Crippen molar-refractivity contribution in [1.82, 2.24) is 15.1 Å². The molecule has 0 spiro atoms. The van der Waals surface area contributed by atoms with Crippen LogP contribution in [-0.4, -0.2) is 47.0 Å². The molecule has 2 aromatic heterocycles. The SMILES string of the molecule is Cc1noc2ncnc(N3CCOC(C(C)N)C3)c12. The van der Waals surface area contributed by atoms with Gasteiger partial charge in [0.05, 0.1) is 18.4 Å². The highest BCUT2D eigenvalue weighted by atomic mass is 16.5. The van der Waals surface area contributed by atoms with Gasteiger partial charge in [-0.15, -0.1) is 0 Å². The molecule has 1 saturated heterocycles. The van der Waals surface area contributed by atoms with Crippen molar-refractivity contribution in [3.63, 3.8) is 0 Å². The molecule has 0 bridgehead atoms. The lowest BCUT2D eigenvalue weighted by atomic mass is 10.1. The number of rotatable bonds is 2. The van der Waals surface area contributed by atoms with Gasteiger partial charge in [-0.2, -0.15) is 4.98 Å². The summed E-state index contributed by atoms with van der Waals surface area (Å²) in [6, 6.07) is -0.0105. The van der Waals surface area contributed by atoms with Crippen molar-refractivity contribution in [3.8, 4) is 0 Å². The van der Waals surface area contributed by atoms with Crippen molar-refractivity contribution < 1.29 is 9.26 Å². The van der Waals surface area contributed by atoms with E-state index in [2.05, 4.69) is 20.0 Å². The summed E-state index contributed by atoms with van der Waals surface area (Å²) >= 11 is 0. The Bertz CT molecular complexity index is 583. The Morgan fingerprint density at radius 3 is 3.11 bits per heavy atom. The fourth-order valence-corrected chi connectivity index (χ4v) is 2.33. The third-order valence-electron chi connectivity index (χ3n) is 3.40. The molecule has 7 heteroatoms. The van der Waals surface area contributed by atoms with E-state index in [1.807, 2.05) is 13.8 Å². The summed E-state index contributed by atoms with van der Waals surface area (Å²) in [6.45, 7) is 5.98. The second kappa shape index (κ2) is 4.75. The van der Waals surface area contributed by atoms with E-state index in [1.54, 1.807) is 0 Å². The van der Waals surface area contributed by atoms with Crippen molar-refractivity contribution in [2.24, 2.45) is 5.73 Å². The Balaban J connectivity index is 1.97. The number of hydrogen-bond donors (Lipinski definition) is 1. The molecule has 0 radical (unpaired) electrons. The van der Waals surface area contributed by atoms with Gasteiger partial charge in [0, 0.05) is 19.1 Å². The second-order valence-corrected chi connectivity index (χ2v) is 4.86. The van der Waals surface area contributed by atoms with Crippen LogP contribution >= 0.6 is 0 Å². The normalized spacial score (nSPS) is 21.8. The minimum Gasteiger partial charge on any atom is -0.373 e. The first-order valence-electron chi connectivity index (χ1n) is 6.36. The molecule has 0 aromatic carbocycles. The Morgan fingerprint density at radius 2 is 2.32 bits per heavy atom. The molecule has 0 saturated carbocycles. The average Bonchev–Trinajstić information content (AvgIpc) is 2.81. The molecular formula is C12H17N5O2. The summed E-state index contributed by atoms with van der Waals surface area (Å²) in [7, 11) is 0. The highest BCUT2D eigenvalue weighted by Crippen LogP contribution is 2.27. The van der Waals surface area contributed by atoms with Gasteiger partial charge in [-0.3, -0.25) is 0 Å². The fourth-order valence-electron chi connectivity index (χ4n) is 2.33. The number of morpholine rings is 1. The van der Waals surface area contributed by atoms with Gasteiger partial charge < -0.3 is 19.9 Å². The first-order chi connectivity index (χ1) is 9.16. The van der Waals surface area contributed by atoms with E-state index in [1.165, 1.54) is 6.33 Å². The highest BCUT2D eigenvalue weighted by Gasteiger charge is 2.26. The van der Waals surface area contributed by atoms with Gasteiger partial charge in [-0.05, 0) is 13.8 Å². The molecule has 19 heavy (non-hydrogen) atoms. The maximum absolute atomic E-state index is 5.91. The number of nitrogens with zero attached hydrogens (tertiary/aromatic N) is 4. The minimum absolute atomic E-state index is 0.0105. The maximum Gasteiger partial charge on any atom is 0.263 e. The topological polar surface area (TPSA) is 90.3 Å². The smallest absolute Gasteiger partial charge is 0.263 e. The van der Waals surface area contributed by atoms with Crippen LogP contribution in [0, 0.1) is 6.92 Å². The first-order valence-corrected chi connectivity index (χ1v) is 6.36. The van der Waals surface area contributed by atoms with Crippen LogP contribution in [0.25, 0.3) is 11.1 Å². The van der Waals surface area contributed by atoms with Crippen LogP contribution in [0.3, 0.4) is 0 Å². The van der Waals surface area contributed by atoms with Crippen LogP contribution < -0.4 is 10.6 Å². The number of ether oxygens (including phenoxy) is 1. The van der Waals surface area contributed by atoms with Gasteiger partial charge >= 0.3 is 0 Å². The molecule has 2 aromatic rings. The molecule has 1 aliphatic heterocycles. The number of nitrogens with two attached hydrogens (primary N) is 1. The first kappa shape index (κ1) is 12.3. The zero-order chi connectivity index (χ0) is 13.4. The summed E-state index contributed by atoms with van der Waals surface area (Å²) in [5.74, 6) is 0.845. The van der Waals surface area contributed by atoms with Crippen molar-refractivity contribution in [2.75, 3.05) is 24.6 Å². The summed E-state index contributed by atoms with van der Waals surface area (Å²) in [5, 5.41) is 4.81. The van der Waals surface area contributed by atoms with Crippen LogP contribution in [0.1, 0.15) is 12.6 Å². The molecule has 1 aliphatic rings. The lowest BCUT2D eigenvalue weighted by Crippen LogP contribution is -2.49. The van der Waals surface area contributed by atoms with E-state index in [0.29, 0.717) is 18.9 Å². The van der Waals surface area contributed by atoms with Crippen LogP contribution in [0.15, 0.2) is 10.9 Å². The molecule has 7 nitrogen and oxygen atoms in total. The second-order valence-electron chi connectivity index (χ2n) is 4.86. The van der Waals surface area contributed by atoms with E-state index in [9.17, 15) is 0 Å². The lowest BCUT2D eigenvalue weighted by molar-refractivity contribution is 0.0274. The quantitative estimate of drug-likeness (QED) is 0.842. The van der Waals surface area contributed by atoms with E-state index in [4.69, 9.17) is 15.0 Å². The standard InChI is InChI=1S/C12H17N5O2/c1-7(13)9-5-17(3-4-18-9)11-10-8(2)16-19-12(10)15-6-14-11/h6-7,9H,3-5,13H2,1-2H3. The predicted molar refractivity (Wildman–Crippen MR) is 69.9 cm³/mol. The molecule has 0 aliphatic carbocycles. The molecule has 102 valence electrons. The van der Waals surface area contributed by atoms with Crippen molar-refractivity contribution in [3.05, 3.63) is 12.0 Å². The largest absolute Gasteiger partial charge is 0.373 e. The van der Waals surface area contributed by atoms with E-state index >= 15 is 0 Å². The Morgan fingerprint density at radius 1 is 1.47 bits per heavy atom. The third kappa shape index (κ3) is 2.15. The number of aryl methyl sites for hydroxylation is 1. The Labute approximate surface area is 110 Å². The van der Waals surface area contributed by atoms with Crippen LogP contribution in [0.4, 0.5) is 5.82 Å². The van der Waals surface area contributed by atoms with Gasteiger partial charge in [-0.25, -0.2) is 4.98 Å². The van der Waals surface area contributed by atoms with Gasteiger partial charge in [0.25, 0.3) is 5.71 Å². The van der Waals surface area contributed by atoms with Crippen molar-refractivity contribution in [2.45, 2.75) is 26.0 Å². The zero-order valence-electron chi connectivity index (χ0n) is 11.0. The van der Waals surface area contributed by atoms with Crippen LogP contribution in [-0.2, 0) is 4.74 Å². The predicted octanol–water partition coefficient (Wildman–Crippen LogP) is 0.479. The van der Waals surface area contributed by atoms with Gasteiger partial charge in [0.15, 0.2) is 0 Å². The number of anilines is 1. The van der Waals surface area contributed by atoms with Crippen molar-refractivity contribution >= 4 is 16.9 Å². The molecule has 0 amide bonds. The van der Waals surface area contributed by atoms with E-state index in [0.717, 1.165) is 23.4 Å². The number of fused-ring (bicyclic) bond motifs is 1. The van der Waals surface area contributed by atoms with Crippen LogP contribution in [0.5, 0.6) is 0 Å². The minimum atomic E-state index is -0.0105. The molecule has 2 unspecified atom stereocenters. The van der Waals surface area contributed by atoms with Gasteiger partial charge in [-0.1, -0.05) is 5.16 Å². The summed E-state index contributed by atoms with van der Waals surface area (Å²) in [5.41, 5.74) is 7.23. The molecule has 2 atom stereocenters. The van der Waals surface area contributed by atoms with Crippen molar-refractivity contribution in [1.29, 1.82) is 0 Å². The molecule has 1 fully saturated rings. The van der Waals surface area contributed by atoms with E-state index < -0.39 is 0 Å². The zero-order valence-corrected chi connectivity index (χ0v) is 11.0.